The first-order chi connectivity index (χ1) is 16.8. The van der Waals surface area contributed by atoms with E-state index in [1.165, 1.54) is 0 Å². The molecule has 0 spiro atoms. The van der Waals surface area contributed by atoms with Crippen molar-refractivity contribution in [2.75, 3.05) is 31.5 Å². The molecule has 1 fully saturated rings. The highest BCUT2D eigenvalue weighted by atomic mass is 32.2. The van der Waals surface area contributed by atoms with Gasteiger partial charge >= 0.3 is 0 Å². The molecule has 1 aliphatic heterocycles. The number of sulfonamides is 1. The van der Waals surface area contributed by atoms with Crippen LogP contribution in [0.2, 0.25) is 0 Å². The lowest BCUT2D eigenvalue weighted by molar-refractivity contribution is 0.102. The van der Waals surface area contributed by atoms with Gasteiger partial charge < -0.3 is 5.32 Å². The number of carbonyl (C=O) groups excluding carboxylic acids is 1. The molecule has 4 rings (SSSR count). The quantitative estimate of drug-likeness (QED) is 0.523. The Morgan fingerprint density at radius 3 is 2.17 bits per heavy atom. The molecule has 1 saturated heterocycles. The summed E-state index contributed by atoms with van der Waals surface area (Å²) in [5.74, 6) is -0.115. The normalized spacial score (nSPS) is 15.2. The van der Waals surface area contributed by atoms with Gasteiger partial charge in [-0.3, -0.25) is 9.69 Å². The summed E-state index contributed by atoms with van der Waals surface area (Å²) in [5.41, 5.74) is 5.83. The molecule has 6 nitrogen and oxygen atoms in total. The van der Waals surface area contributed by atoms with Crippen molar-refractivity contribution in [2.24, 2.45) is 0 Å². The van der Waals surface area contributed by atoms with Crippen LogP contribution in [0.15, 0.2) is 71.6 Å². The fourth-order valence-electron chi connectivity index (χ4n) is 4.39. The van der Waals surface area contributed by atoms with E-state index in [-0.39, 0.29) is 5.91 Å². The van der Waals surface area contributed by atoms with Crippen molar-refractivity contribution in [1.29, 1.82) is 0 Å². The molecule has 1 heterocycles. The van der Waals surface area contributed by atoms with E-state index in [4.69, 9.17) is 0 Å². The summed E-state index contributed by atoms with van der Waals surface area (Å²) >= 11 is 0. The summed E-state index contributed by atoms with van der Waals surface area (Å²) in [5, 5.41) is 3.07. The average molecular weight is 492 g/mol. The van der Waals surface area contributed by atoms with Gasteiger partial charge in [0.05, 0.1) is 4.90 Å². The zero-order valence-corrected chi connectivity index (χ0v) is 21.4. The lowest BCUT2D eigenvalue weighted by atomic mass is 10.0. The Morgan fingerprint density at radius 2 is 1.54 bits per heavy atom. The predicted octanol–water partition coefficient (Wildman–Crippen LogP) is 4.62. The molecule has 3 aromatic carbocycles. The smallest absolute Gasteiger partial charge is 0.255 e. The molecule has 0 atom stereocenters. The molecule has 1 N–H and O–H groups in total. The maximum Gasteiger partial charge on any atom is 0.255 e. The summed E-state index contributed by atoms with van der Waals surface area (Å²) in [7, 11) is -3.46. The van der Waals surface area contributed by atoms with Gasteiger partial charge in [0.25, 0.3) is 5.91 Å². The van der Waals surface area contributed by atoms with Crippen LogP contribution in [0.3, 0.4) is 0 Å². The number of anilines is 1. The van der Waals surface area contributed by atoms with Crippen LogP contribution >= 0.6 is 0 Å². The molecule has 0 unspecified atom stereocenters. The number of aryl methyl sites for hydroxylation is 3. The number of nitrogens with one attached hydrogen (secondary N) is 1. The first-order valence-corrected chi connectivity index (χ1v) is 13.5. The molecule has 0 bridgehead atoms. The molecule has 0 radical (unpaired) electrons. The molecular weight excluding hydrogens is 458 g/mol. The lowest BCUT2D eigenvalue weighted by Crippen LogP contribution is -2.48. The Balaban J connectivity index is 1.33. The minimum atomic E-state index is -3.46. The minimum Gasteiger partial charge on any atom is -0.321 e. The van der Waals surface area contributed by atoms with Gasteiger partial charge in [-0.15, -0.1) is 0 Å². The maximum atomic E-state index is 12.9. The molecule has 0 aliphatic carbocycles. The number of hydrogen-bond acceptors (Lipinski definition) is 4. The summed E-state index contributed by atoms with van der Waals surface area (Å²) < 4.78 is 27.4. The van der Waals surface area contributed by atoms with Crippen molar-refractivity contribution in [3.05, 3.63) is 94.5 Å². The Hall–Kier alpha value is -3.00. The van der Waals surface area contributed by atoms with Crippen molar-refractivity contribution < 1.29 is 13.2 Å². The number of benzene rings is 3. The van der Waals surface area contributed by atoms with E-state index in [2.05, 4.69) is 17.1 Å². The second-order valence-corrected chi connectivity index (χ2v) is 11.0. The van der Waals surface area contributed by atoms with Crippen molar-refractivity contribution in [3.63, 3.8) is 0 Å². The SMILES string of the molecule is CCc1cccc(C)c1NC(=O)c1ccc(CN2CCN(S(=O)(=O)c3ccc(C)cc3)CC2)cc1. The Kier molecular flexibility index (Phi) is 7.69. The molecule has 184 valence electrons. The van der Waals surface area contributed by atoms with Crippen LogP contribution in [-0.2, 0) is 23.0 Å². The third-order valence-corrected chi connectivity index (χ3v) is 8.50. The second kappa shape index (κ2) is 10.7. The fraction of sp³-hybridized carbons (Fsp3) is 0.321. The van der Waals surface area contributed by atoms with Crippen LogP contribution in [0, 0.1) is 13.8 Å². The third kappa shape index (κ3) is 5.81. The van der Waals surface area contributed by atoms with E-state index in [0.29, 0.717) is 36.6 Å². The predicted molar refractivity (Wildman–Crippen MR) is 140 cm³/mol. The number of rotatable bonds is 7. The lowest BCUT2D eigenvalue weighted by Gasteiger charge is -2.34. The van der Waals surface area contributed by atoms with Crippen LogP contribution in [0.4, 0.5) is 5.69 Å². The zero-order chi connectivity index (χ0) is 25.0. The Bertz CT molecular complexity index is 1280. The van der Waals surface area contributed by atoms with Gasteiger partial charge in [-0.05, 0) is 61.2 Å². The largest absolute Gasteiger partial charge is 0.321 e. The number of piperazine rings is 1. The molecule has 0 aromatic heterocycles. The van der Waals surface area contributed by atoms with Gasteiger partial charge in [-0.1, -0.05) is 55.0 Å². The number of amides is 1. The fourth-order valence-corrected chi connectivity index (χ4v) is 5.82. The van der Waals surface area contributed by atoms with Gasteiger partial charge in [0.1, 0.15) is 0 Å². The molecule has 7 heteroatoms. The second-order valence-electron chi connectivity index (χ2n) is 9.11. The van der Waals surface area contributed by atoms with E-state index in [9.17, 15) is 13.2 Å². The monoisotopic (exact) mass is 491 g/mol. The van der Waals surface area contributed by atoms with E-state index >= 15 is 0 Å². The van der Waals surface area contributed by atoms with Crippen molar-refractivity contribution in [1.82, 2.24) is 9.21 Å². The third-order valence-electron chi connectivity index (χ3n) is 6.59. The number of carbonyl (C=O) groups is 1. The standard InChI is InChI=1S/C28H33N3O3S/c1-4-24-7-5-6-22(3)27(24)29-28(32)25-12-10-23(11-13-25)20-30-16-18-31(19-17-30)35(33,34)26-14-8-21(2)9-15-26/h5-15H,4,16-20H2,1-3H3,(H,29,32). The summed E-state index contributed by atoms with van der Waals surface area (Å²) in [6.07, 6.45) is 0.857. The zero-order valence-electron chi connectivity index (χ0n) is 20.6. The van der Waals surface area contributed by atoms with Gasteiger partial charge in [-0.25, -0.2) is 8.42 Å². The van der Waals surface area contributed by atoms with Crippen molar-refractivity contribution in [2.45, 2.75) is 38.6 Å². The van der Waals surface area contributed by atoms with Gasteiger partial charge in [0.2, 0.25) is 10.0 Å². The number of para-hydroxylation sites is 1. The van der Waals surface area contributed by atoms with Gasteiger partial charge in [0, 0.05) is 44.0 Å². The molecule has 3 aromatic rings. The van der Waals surface area contributed by atoms with E-state index in [0.717, 1.165) is 40.9 Å². The number of nitrogens with zero attached hydrogens (tertiary/aromatic N) is 2. The Labute approximate surface area is 208 Å². The molecule has 1 amide bonds. The molecule has 0 saturated carbocycles. The Morgan fingerprint density at radius 1 is 0.886 bits per heavy atom. The molecular formula is C28H33N3O3S. The van der Waals surface area contributed by atoms with Crippen LogP contribution in [0.1, 0.15) is 39.5 Å². The number of hydrogen-bond donors (Lipinski definition) is 1. The topological polar surface area (TPSA) is 69.7 Å². The molecule has 35 heavy (non-hydrogen) atoms. The minimum absolute atomic E-state index is 0.115. The summed E-state index contributed by atoms with van der Waals surface area (Å²) in [6, 6.07) is 20.7. The van der Waals surface area contributed by atoms with E-state index < -0.39 is 10.0 Å². The van der Waals surface area contributed by atoms with Crippen LogP contribution in [-0.4, -0.2) is 49.7 Å². The van der Waals surface area contributed by atoms with Gasteiger partial charge in [0.15, 0.2) is 0 Å². The highest BCUT2D eigenvalue weighted by molar-refractivity contribution is 7.89. The average Bonchev–Trinajstić information content (AvgIpc) is 2.86. The highest BCUT2D eigenvalue weighted by Crippen LogP contribution is 2.23. The van der Waals surface area contributed by atoms with Crippen molar-refractivity contribution >= 4 is 21.6 Å². The molecule has 1 aliphatic rings. The van der Waals surface area contributed by atoms with Gasteiger partial charge in [-0.2, -0.15) is 4.31 Å². The van der Waals surface area contributed by atoms with Crippen LogP contribution in [0.25, 0.3) is 0 Å². The van der Waals surface area contributed by atoms with Crippen molar-refractivity contribution in [3.8, 4) is 0 Å². The van der Waals surface area contributed by atoms with Crippen LogP contribution in [0.5, 0.6) is 0 Å². The summed E-state index contributed by atoms with van der Waals surface area (Å²) in [4.78, 5) is 15.4. The first kappa shape index (κ1) is 25.1. The van der Waals surface area contributed by atoms with Crippen LogP contribution < -0.4 is 5.32 Å². The van der Waals surface area contributed by atoms with E-state index in [1.54, 1.807) is 16.4 Å². The van der Waals surface area contributed by atoms with E-state index in [1.807, 2.05) is 68.4 Å². The maximum absolute atomic E-state index is 12.9. The first-order valence-electron chi connectivity index (χ1n) is 12.1. The summed E-state index contributed by atoms with van der Waals surface area (Å²) in [6.45, 7) is 9.01. The highest BCUT2D eigenvalue weighted by Gasteiger charge is 2.28.